The molecule has 1 saturated heterocycles. The Labute approximate surface area is 176 Å². The van der Waals surface area contributed by atoms with Gasteiger partial charge in [0.05, 0.1) is 17.1 Å². The van der Waals surface area contributed by atoms with Crippen molar-refractivity contribution in [2.45, 2.75) is 126 Å². The third-order valence-corrected chi connectivity index (χ3v) is 10.2. The Kier molecular flexibility index (Phi) is 6.10. The van der Waals surface area contributed by atoms with Gasteiger partial charge in [-0.15, -0.1) is 11.8 Å². The van der Waals surface area contributed by atoms with E-state index in [1.807, 2.05) is 0 Å². The highest BCUT2D eigenvalue weighted by atomic mass is 32.2. The van der Waals surface area contributed by atoms with Crippen molar-refractivity contribution < 1.29 is 0 Å². The molecule has 2 heterocycles. The van der Waals surface area contributed by atoms with Gasteiger partial charge in [-0.2, -0.15) is 0 Å². The molecular weight excluding hydrogens is 362 g/mol. The van der Waals surface area contributed by atoms with Crippen molar-refractivity contribution in [3.63, 3.8) is 0 Å². The van der Waals surface area contributed by atoms with Crippen LogP contribution in [0.5, 0.6) is 0 Å². The molecular formula is C24H41N3S. The van der Waals surface area contributed by atoms with Crippen LogP contribution in [0.25, 0.3) is 0 Å². The molecule has 4 fully saturated rings. The summed E-state index contributed by atoms with van der Waals surface area (Å²) >= 11 is 2.15. The number of aliphatic imine (C=N–C) groups is 1. The lowest BCUT2D eigenvalue weighted by Gasteiger charge is -2.48. The van der Waals surface area contributed by atoms with Gasteiger partial charge in [0.15, 0.2) is 0 Å². The normalized spacial score (nSPS) is 49.2. The summed E-state index contributed by atoms with van der Waals surface area (Å²) in [6.07, 6.45) is 16.7. The zero-order chi connectivity index (χ0) is 19.1. The van der Waals surface area contributed by atoms with E-state index in [2.05, 4.69) is 36.2 Å². The summed E-state index contributed by atoms with van der Waals surface area (Å²) in [6, 6.07) is 3.24. The van der Waals surface area contributed by atoms with Gasteiger partial charge in [-0.05, 0) is 69.1 Å². The van der Waals surface area contributed by atoms with Crippen LogP contribution in [-0.2, 0) is 0 Å². The molecule has 0 aromatic heterocycles. The lowest BCUT2D eigenvalue weighted by molar-refractivity contribution is 0.115. The van der Waals surface area contributed by atoms with Crippen LogP contribution in [0.15, 0.2) is 4.99 Å². The highest BCUT2D eigenvalue weighted by Gasteiger charge is 2.43. The van der Waals surface area contributed by atoms with Crippen molar-refractivity contribution in [2.75, 3.05) is 0 Å². The molecule has 4 heteroatoms. The summed E-state index contributed by atoms with van der Waals surface area (Å²) in [5, 5.41) is 10.6. The molecule has 5 rings (SSSR count). The number of thioether (sulfide) groups is 1. The minimum atomic E-state index is 0.542. The lowest BCUT2D eigenvalue weighted by Crippen LogP contribution is -2.63. The largest absolute Gasteiger partial charge is 0.309 e. The molecule has 0 bridgehead atoms. The van der Waals surface area contributed by atoms with E-state index in [4.69, 9.17) is 4.99 Å². The molecule has 0 amide bonds. The van der Waals surface area contributed by atoms with Crippen molar-refractivity contribution in [1.82, 2.24) is 10.6 Å². The van der Waals surface area contributed by atoms with Crippen LogP contribution in [-0.4, -0.2) is 40.5 Å². The molecule has 2 N–H and O–H groups in total. The standard InChI is InChI=1S/C24H41N3S/c1-15-7-5-8-16(2)22(15)25-19-11-6-9-17-13-14-20(26-23(17)19)24-27-18-10-3-4-12-21(18)28-24/h15-23,25-26H,3-14H2,1-2H3. The van der Waals surface area contributed by atoms with Crippen molar-refractivity contribution in [2.24, 2.45) is 22.7 Å². The van der Waals surface area contributed by atoms with Gasteiger partial charge in [-0.3, -0.25) is 4.99 Å². The molecule has 3 saturated carbocycles. The molecule has 8 unspecified atom stereocenters. The van der Waals surface area contributed by atoms with Gasteiger partial charge in [0, 0.05) is 23.4 Å². The smallest absolute Gasteiger partial charge is 0.0853 e. The van der Waals surface area contributed by atoms with Gasteiger partial charge >= 0.3 is 0 Å². The van der Waals surface area contributed by atoms with Crippen LogP contribution >= 0.6 is 11.8 Å². The van der Waals surface area contributed by atoms with Crippen molar-refractivity contribution >= 4 is 16.8 Å². The summed E-state index contributed by atoms with van der Waals surface area (Å²) in [7, 11) is 0. The number of rotatable bonds is 3. The Bertz CT molecular complexity index is 568. The van der Waals surface area contributed by atoms with Crippen molar-refractivity contribution in [3.8, 4) is 0 Å². The van der Waals surface area contributed by atoms with Gasteiger partial charge in [0.2, 0.25) is 0 Å². The Morgan fingerprint density at radius 3 is 2.46 bits per heavy atom. The first-order valence-electron chi connectivity index (χ1n) is 12.5. The van der Waals surface area contributed by atoms with E-state index in [1.165, 1.54) is 82.1 Å². The Hall–Kier alpha value is -0.0600. The SMILES string of the molecule is CC1CCCC(C)C1NC1CCCC2CCC(C3=NC4CCCCC4S3)NC21. The summed E-state index contributed by atoms with van der Waals surface area (Å²) in [5.41, 5.74) is 0. The van der Waals surface area contributed by atoms with E-state index in [1.54, 1.807) is 0 Å². The molecule has 0 aromatic carbocycles. The van der Waals surface area contributed by atoms with E-state index in [9.17, 15) is 0 Å². The van der Waals surface area contributed by atoms with Gasteiger partial charge in [0.25, 0.3) is 0 Å². The molecule has 2 aliphatic heterocycles. The number of nitrogens with zero attached hydrogens (tertiary/aromatic N) is 1. The van der Waals surface area contributed by atoms with E-state index >= 15 is 0 Å². The second-order valence-electron chi connectivity index (χ2n) is 10.7. The minimum absolute atomic E-state index is 0.542. The molecule has 28 heavy (non-hydrogen) atoms. The van der Waals surface area contributed by atoms with Crippen LogP contribution in [0.4, 0.5) is 0 Å². The fourth-order valence-electron chi connectivity index (χ4n) is 7.08. The molecule has 0 spiro atoms. The average molecular weight is 404 g/mol. The molecule has 158 valence electrons. The molecule has 3 nitrogen and oxygen atoms in total. The predicted molar refractivity (Wildman–Crippen MR) is 121 cm³/mol. The number of fused-ring (bicyclic) bond motifs is 2. The van der Waals surface area contributed by atoms with Crippen molar-refractivity contribution in [1.29, 1.82) is 0 Å². The van der Waals surface area contributed by atoms with Crippen LogP contribution < -0.4 is 10.6 Å². The van der Waals surface area contributed by atoms with Gasteiger partial charge < -0.3 is 10.6 Å². The maximum absolute atomic E-state index is 5.23. The zero-order valence-electron chi connectivity index (χ0n) is 18.0. The van der Waals surface area contributed by atoms with Crippen LogP contribution in [0.3, 0.4) is 0 Å². The average Bonchev–Trinajstić information content (AvgIpc) is 3.15. The Balaban J connectivity index is 1.26. The highest BCUT2D eigenvalue weighted by molar-refractivity contribution is 8.14. The maximum atomic E-state index is 5.23. The summed E-state index contributed by atoms with van der Waals surface area (Å²) in [5.74, 6) is 2.55. The highest BCUT2D eigenvalue weighted by Crippen LogP contribution is 2.41. The fourth-order valence-corrected chi connectivity index (χ4v) is 8.58. The van der Waals surface area contributed by atoms with Crippen LogP contribution in [0, 0.1) is 17.8 Å². The summed E-state index contributed by atoms with van der Waals surface area (Å²) in [4.78, 5) is 5.23. The Morgan fingerprint density at radius 2 is 1.64 bits per heavy atom. The third-order valence-electron chi connectivity index (χ3n) is 8.73. The van der Waals surface area contributed by atoms with Gasteiger partial charge in [-0.1, -0.05) is 39.5 Å². The predicted octanol–water partition coefficient (Wildman–Crippen LogP) is 5.15. The zero-order valence-corrected chi connectivity index (χ0v) is 18.9. The Morgan fingerprint density at radius 1 is 0.857 bits per heavy atom. The molecule has 0 radical (unpaired) electrons. The fraction of sp³-hybridized carbons (Fsp3) is 0.958. The van der Waals surface area contributed by atoms with E-state index < -0.39 is 0 Å². The quantitative estimate of drug-likeness (QED) is 0.684. The summed E-state index contributed by atoms with van der Waals surface area (Å²) < 4.78 is 0. The monoisotopic (exact) mass is 403 g/mol. The summed E-state index contributed by atoms with van der Waals surface area (Å²) in [6.45, 7) is 4.97. The number of hydrogen-bond acceptors (Lipinski definition) is 4. The number of nitrogens with one attached hydrogen (secondary N) is 2. The van der Waals surface area contributed by atoms with Crippen LogP contribution in [0.2, 0.25) is 0 Å². The van der Waals surface area contributed by atoms with Crippen LogP contribution in [0.1, 0.15) is 90.9 Å². The second kappa shape index (κ2) is 8.59. The first kappa shape index (κ1) is 19.9. The topological polar surface area (TPSA) is 36.4 Å². The van der Waals surface area contributed by atoms with Gasteiger partial charge in [0.1, 0.15) is 0 Å². The van der Waals surface area contributed by atoms with Gasteiger partial charge in [-0.25, -0.2) is 0 Å². The maximum Gasteiger partial charge on any atom is 0.0853 e. The molecule has 8 atom stereocenters. The van der Waals surface area contributed by atoms with E-state index in [-0.39, 0.29) is 0 Å². The first-order valence-corrected chi connectivity index (χ1v) is 13.3. The third kappa shape index (κ3) is 3.95. The first-order chi connectivity index (χ1) is 13.7. The molecule has 3 aliphatic carbocycles. The minimum Gasteiger partial charge on any atom is -0.309 e. The van der Waals surface area contributed by atoms with E-state index in [0.717, 1.165) is 29.0 Å². The lowest BCUT2D eigenvalue weighted by atomic mass is 9.73. The van der Waals surface area contributed by atoms with Crippen molar-refractivity contribution in [3.05, 3.63) is 0 Å². The molecule has 0 aromatic rings. The van der Waals surface area contributed by atoms with E-state index in [0.29, 0.717) is 24.2 Å². The molecule has 5 aliphatic rings. The number of hydrogen-bond donors (Lipinski definition) is 2. The second-order valence-corrected chi connectivity index (χ2v) is 11.9. The number of piperidine rings is 1.